The van der Waals surface area contributed by atoms with Crippen LogP contribution in [0, 0.1) is 6.92 Å². The topological polar surface area (TPSA) is 21.1 Å². The zero-order chi connectivity index (χ0) is 14.4. The van der Waals surface area contributed by atoms with Crippen molar-refractivity contribution in [2.75, 3.05) is 19.6 Å². The molecule has 1 aliphatic rings. The van der Waals surface area contributed by atoms with Gasteiger partial charge in [0.25, 0.3) is 0 Å². The molecule has 1 fully saturated rings. The molecule has 110 valence electrons. The fourth-order valence-electron chi connectivity index (χ4n) is 2.82. The number of hydrogen-bond donors (Lipinski definition) is 0. The van der Waals surface area contributed by atoms with Crippen LogP contribution in [0.15, 0.2) is 24.5 Å². The monoisotopic (exact) mass is 273 g/mol. The molecular weight excluding hydrogens is 246 g/mol. The third kappa shape index (κ3) is 3.60. The number of aromatic nitrogens is 2. The molecule has 3 rings (SSSR count). The van der Waals surface area contributed by atoms with Gasteiger partial charge in [0.15, 0.2) is 0 Å². The Morgan fingerprint density at radius 2 is 1.85 bits per heavy atom. The first-order valence-corrected chi connectivity index (χ1v) is 7.97. The van der Waals surface area contributed by atoms with Gasteiger partial charge in [-0.1, -0.05) is 19.9 Å². The maximum atomic E-state index is 4.46. The van der Waals surface area contributed by atoms with Gasteiger partial charge in [-0.3, -0.25) is 0 Å². The van der Waals surface area contributed by atoms with Gasteiger partial charge < -0.3 is 9.47 Å². The van der Waals surface area contributed by atoms with E-state index in [-0.39, 0.29) is 0 Å². The van der Waals surface area contributed by atoms with Crippen molar-refractivity contribution in [2.45, 2.75) is 46.6 Å². The Bertz CT molecular complexity index is 524. The van der Waals surface area contributed by atoms with E-state index in [1.54, 1.807) is 0 Å². The summed E-state index contributed by atoms with van der Waals surface area (Å²) in [5.41, 5.74) is 3.70. The SMILES string of the molecule is CC.Cc1ccc2ncn(CCCN3CCCC3)c2c1. The summed E-state index contributed by atoms with van der Waals surface area (Å²) >= 11 is 0. The molecule has 2 aromatic rings. The Labute approximate surface area is 122 Å². The number of benzene rings is 1. The van der Waals surface area contributed by atoms with Gasteiger partial charge in [-0.25, -0.2) is 4.98 Å². The van der Waals surface area contributed by atoms with Crippen molar-refractivity contribution in [3.63, 3.8) is 0 Å². The van der Waals surface area contributed by atoms with Gasteiger partial charge in [0.1, 0.15) is 0 Å². The molecular formula is C17H27N3. The lowest BCUT2D eigenvalue weighted by Crippen LogP contribution is -2.21. The Hall–Kier alpha value is -1.35. The van der Waals surface area contributed by atoms with E-state index in [9.17, 15) is 0 Å². The minimum Gasteiger partial charge on any atom is -0.331 e. The Kier molecular flexibility index (Phi) is 5.60. The molecule has 1 saturated heterocycles. The average Bonchev–Trinajstić information content (AvgIpc) is 3.11. The van der Waals surface area contributed by atoms with Crippen LogP contribution >= 0.6 is 0 Å². The zero-order valence-electron chi connectivity index (χ0n) is 13.1. The summed E-state index contributed by atoms with van der Waals surface area (Å²) < 4.78 is 2.29. The molecule has 0 atom stereocenters. The summed E-state index contributed by atoms with van der Waals surface area (Å²) in [7, 11) is 0. The van der Waals surface area contributed by atoms with Crippen molar-refractivity contribution >= 4 is 11.0 Å². The van der Waals surface area contributed by atoms with Gasteiger partial charge in [-0.05, 0) is 63.5 Å². The van der Waals surface area contributed by atoms with E-state index in [1.807, 2.05) is 20.2 Å². The predicted octanol–water partition coefficient (Wildman–Crippen LogP) is 3.86. The number of nitrogens with zero attached hydrogens (tertiary/aromatic N) is 3. The second-order valence-corrected chi connectivity index (χ2v) is 5.33. The largest absolute Gasteiger partial charge is 0.331 e. The van der Waals surface area contributed by atoms with Gasteiger partial charge >= 0.3 is 0 Å². The van der Waals surface area contributed by atoms with Crippen LogP contribution in [0.1, 0.15) is 38.7 Å². The van der Waals surface area contributed by atoms with Crippen LogP contribution in [0.5, 0.6) is 0 Å². The van der Waals surface area contributed by atoms with E-state index in [0.717, 1.165) is 12.1 Å². The number of likely N-dealkylation sites (tertiary alicyclic amines) is 1. The summed E-state index contributed by atoms with van der Waals surface area (Å²) in [6, 6.07) is 6.48. The Morgan fingerprint density at radius 1 is 1.10 bits per heavy atom. The Balaban J connectivity index is 0.000000704. The quantitative estimate of drug-likeness (QED) is 0.843. The molecule has 3 nitrogen and oxygen atoms in total. The van der Waals surface area contributed by atoms with Crippen LogP contribution in [-0.2, 0) is 6.54 Å². The summed E-state index contributed by atoms with van der Waals surface area (Å²) in [6.07, 6.45) is 5.97. The van der Waals surface area contributed by atoms with E-state index < -0.39 is 0 Å². The van der Waals surface area contributed by atoms with Gasteiger partial charge in [0, 0.05) is 6.54 Å². The first-order valence-electron chi connectivity index (χ1n) is 7.97. The van der Waals surface area contributed by atoms with E-state index in [0.29, 0.717) is 0 Å². The Morgan fingerprint density at radius 3 is 2.60 bits per heavy atom. The minimum absolute atomic E-state index is 1.08. The van der Waals surface area contributed by atoms with Crippen LogP contribution in [0.2, 0.25) is 0 Å². The standard InChI is InChI=1S/C15H21N3.C2H6/c1-13-5-6-14-15(11-13)18(12-16-14)10-4-9-17-7-2-3-8-17;1-2/h5-6,11-12H,2-4,7-10H2,1H3;1-2H3. The lowest BCUT2D eigenvalue weighted by Gasteiger charge is -2.14. The fourth-order valence-corrected chi connectivity index (χ4v) is 2.82. The molecule has 0 spiro atoms. The van der Waals surface area contributed by atoms with E-state index >= 15 is 0 Å². The molecule has 2 heterocycles. The summed E-state index contributed by atoms with van der Waals surface area (Å²) in [5, 5.41) is 0. The average molecular weight is 273 g/mol. The fraction of sp³-hybridized carbons (Fsp3) is 0.588. The van der Waals surface area contributed by atoms with Crippen LogP contribution in [0.25, 0.3) is 11.0 Å². The molecule has 20 heavy (non-hydrogen) atoms. The normalized spacial score (nSPS) is 15.3. The zero-order valence-corrected chi connectivity index (χ0v) is 13.1. The lowest BCUT2D eigenvalue weighted by molar-refractivity contribution is 0.326. The molecule has 0 amide bonds. The van der Waals surface area contributed by atoms with E-state index in [2.05, 4.69) is 39.6 Å². The number of aryl methyl sites for hydroxylation is 2. The molecule has 1 aromatic heterocycles. The van der Waals surface area contributed by atoms with Gasteiger partial charge in [-0.15, -0.1) is 0 Å². The molecule has 0 N–H and O–H groups in total. The lowest BCUT2D eigenvalue weighted by atomic mass is 10.2. The van der Waals surface area contributed by atoms with Crippen LogP contribution in [0.4, 0.5) is 0 Å². The third-order valence-electron chi connectivity index (χ3n) is 3.85. The van der Waals surface area contributed by atoms with Crippen molar-refractivity contribution in [2.24, 2.45) is 0 Å². The highest BCUT2D eigenvalue weighted by Gasteiger charge is 2.10. The van der Waals surface area contributed by atoms with E-state index in [4.69, 9.17) is 0 Å². The number of fused-ring (bicyclic) bond motifs is 1. The summed E-state index contributed by atoms with van der Waals surface area (Å²) in [4.78, 5) is 7.03. The maximum Gasteiger partial charge on any atom is 0.0958 e. The van der Waals surface area contributed by atoms with Gasteiger partial charge in [0.2, 0.25) is 0 Å². The van der Waals surface area contributed by atoms with Crippen LogP contribution < -0.4 is 0 Å². The summed E-state index contributed by atoms with van der Waals surface area (Å²) in [5.74, 6) is 0. The van der Waals surface area contributed by atoms with Crippen molar-refractivity contribution in [3.05, 3.63) is 30.1 Å². The number of hydrogen-bond acceptors (Lipinski definition) is 2. The maximum absolute atomic E-state index is 4.46. The van der Waals surface area contributed by atoms with Crippen molar-refractivity contribution in [1.82, 2.24) is 14.5 Å². The molecule has 0 bridgehead atoms. The second kappa shape index (κ2) is 7.44. The smallest absolute Gasteiger partial charge is 0.0958 e. The third-order valence-corrected chi connectivity index (χ3v) is 3.85. The number of imidazole rings is 1. The van der Waals surface area contributed by atoms with Crippen molar-refractivity contribution in [3.8, 4) is 0 Å². The van der Waals surface area contributed by atoms with Gasteiger partial charge in [-0.2, -0.15) is 0 Å². The molecule has 0 unspecified atom stereocenters. The molecule has 1 aliphatic heterocycles. The predicted molar refractivity (Wildman–Crippen MR) is 86.1 cm³/mol. The summed E-state index contributed by atoms with van der Waals surface area (Å²) in [6.45, 7) is 11.0. The van der Waals surface area contributed by atoms with Crippen molar-refractivity contribution < 1.29 is 0 Å². The first kappa shape index (κ1) is 15.0. The molecule has 1 aromatic carbocycles. The highest BCUT2D eigenvalue weighted by Crippen LogP contribution is 2.15. The van der Waals surface area contributed by atoms with Crippen LogP contribution in [0.3, 0.4) is 0 Å². The second-order valence-electron chi connectivity index (χ2n) is 5.33. The molecule has 3 heteroatoms. The van der Waals surface area contributed by atoms with E-state index in [1.165, 1.54) is 50.0 Å². The minimum atomic E-state index is 1.08. The molecule has 0 radical (unpaired) electrons. The molecule has 0 aliphatic carbocycles. The highest BCUT2D eigenvalue weighted by atomic mass is 15.1. The van der Waals surface area contributed by atoms with Crippen molar-refractivity contribution in [1.29, 1.82) is 0 Å². The van der Waals surface area contributed by atoms with Gasteiger partial charge in [0.05, 0.1) is 17.4 Å². The number of rotatable bonds is 4. The molecule has 0 saturated carbocycles. The first-order chi connectivity index (χ1) is 9.83. The van der Waals surface area contributed by atoms with Crippen LogP contribution in [-0.4, -0.2) is 34.1 Å². The highest BCUT2D eigenvalue weighted by molar-refractivity contribution is 5.75.